The minimum atomic E-state index is -1.23. The number of halogens is 1. The summed E-state index contributed by atoms with van der Waals surface area (Å²) in [5.41, 5.74) is 4.26. The SMILES string of the molecule is CCC/C=C(\F)CC(N)(CO)CO. The van der Waals surface area contributed by atoms with Crippen LogP contribution in [0.2, 0.25) is 0 Å². The molecule has 0 aromatic carbocycles. The Morgan fingerprint density at radius 2 is 2.00 bits per heavy atom. The number of unbranched alkanes of at least 4 members (excludes halogenated alkanes) is 1. The molecule has 0 aliphatic carbocycles. The van der Waals surface area contributed by atoms with Gasteiger partial charge in [0.2, 0.25) is 0 Å². The monoisotopic (exact) mass is 191 g/mol. The lowest BCUT2D eigenvalue weighted by atomic mass is 9.98. The van der Waals surface area contributed by atoms with Crippen LogP contribution in [0.25, 0.3) is 0 Å². The topological polar surface area (TPSA) is 66.5 Å². The predicted octanol–water partition coefficient (Wildman–Crippen LogP) is 0.712. The maximum absolute atomic E-state index is 13.0. The highest BCUT2D eigenvalue weighted by molar-refractivity contribution is 5.00. The number of rotatable bonds is 6. The second kappa shape index (κ2) is 6.07. The molecule has 0 amide bonds. The van der Waals surface area contributed by atoms with Gasteiger partial charge in [0.25, 0.3) is 0 Å². The number of aliphatic hydroxyl groups is 2. The van der Waals surface area contributed by atoms with Gasteiger partial charge in [-0.15, -0.1) is 0 Å². The van der Waals surface area contributed by atoms with Gasteiger partial charge < -0.3 is 15.9 Å². The van der Waals surface area contributed by atoms with Gasteiger partial charge in [-0.2, -0.15) is 0 Å². The van der Waals surface area contributed by atoms with Gasteiger partial charge in [-0.3, -0.25) is 0 Å². The molecule has 0 radical (unpaired) electrons. The molecule has 0 bridgehead atoms. The number of aliphatic hydroxyl groups excluding tert-OH is 2. The molecule has 0 saturated heterocycles. The highest BCUT2D eigenvalue weighted by atomic mass is 19.1. The minimum absolute atomic E-state index is 0.111. The van der Waals surface area contributed by atoms with Crippen molar-refractivity contribution in [3.63, 3.8) is 0 Å². The number of nitrogens with two attached hydrogens (primary N) is 1. The smallest absolute Gasteiger partial charge is 0.0979 e. The van der Waals surface area contributed by atoms with Crippen molar-refractivity contribution in [3.8, 4) is 0 Å². The maximum Gasteiger partial charge on any atom is 0.0979 e. The van der Waals surface area contributed by atoms with Crippen LogP contribution in [-0.4, -0.2) is 29.0 Å². The van der Waals surface area contributed by atoms with E-state index in [-0.39, 0.29) is 12.2 Å². The summed E-state index contributed by atoms with van der Waals surface area (Å²) in [6, 6.07) is 0. The molecule has 3 nitrogen and oxygen atoms in total. The second-order valence-corrected chi connectivity index (χ2v) is 3.30. The second-order valence-electron chi connectivity index (χ2n) is 3.30. The Balaban J connectivity index is 4.08. The van der Waals surface area contributed by atoms with Crippen molar-refractivity contribution >= 4 is 0 Å². The molecule has 0 heterocycles. The summed E-state index contributed by atoms with van der Waals surface area (Å²) in [4.78, 5) is 0. The van der Waals surface area contributed by atoms with E-state index in [9.17, 15) is 4.39 Å². The van der Waals surface area contributed by atoms with E-state index in [4.69, 9.17) is 15.9 Å². The molecule has 0 atom stereocenters. The molecule has 0 aromatic rings. The third-order valence-corrected chi connectivity index (χ3v) is 1.81. The zero-order valence-electron chi connectivity index (χ0n) is 7.96. The summed E-state index contributed by atoms with van der Waals surface area (Å²) in [7, 11) is 0. The van der Waals surface area contributed by atoms with Crippen LogP contribution in [0, 0.1) is 0 Å². The molecule has 0 aliphatic rings. The highest BCUT2D eigenvalue weighted by Crippen LogP contribution is 2.15. The van der Waals surface area contributed by atoms with Gasteiger partial charge in [0.15, 0.2) is 0 Å². The molecule has 0 spiro atoms. The zero-order valence-corrected chi connectivity index (χ0v) is 7.96. The first kappa shape index (κ1) is 12.6. The van der Waals surface area contributed by atoms with Crippen LogP contribution < -0.4 is 5.73 Å². The first-order chi connectivity index (χ1) is 6.08. The normalized spacial score (nSPS) is 13.5. The summed E-state index contributed by atoms with van der Waals surface area (Å²) < 4.78 is 13.0. The van der Waals surface area contributed by atoms with Crippen LogP contribution in [0.5, 0.6) is 0 Å². The molecule has 0 rings (SSSR count). The van der Waals surface area contributed by atoms with Gasteiger partial charge in [0, 0.05) is 6.42 Å². The van der Waals surface area contributed by atoms with Gasteiger partial charge in [0.1, 0.15) is 0 Å². The fourth-order valence-electron chi connectivity index (χ4n) is 0.871. The quantitative estimate of drug-likeness (QED) is 0.579. The average molecular weight is 191 g/mol. The van der Waals surface area contributed by atoms with E-state index in [0.29, 0.717) is 6.42 Å². The Morgan fingerprint density at radius 3 is 2.38 bits per heavy atom. The molecule has 4 N–H and O–H groups in total. The fourth-order valence-corrected chi connectivity index (χ4v) is 0.871. The highest BCUT2D eigenvalue weighted by Gasteiger charge is 2.24. The van der Waals surface area contributed by atoms with Crippen LogP contribution in [0.1, 0.15) is 26.2 Å². The Morgan fingerprint density at radius 1 is 1.46 bits per heavy atom. The van der Waals surface area contributed by atoms with Crippen molar-refractivity contribution < 1.29 is 14.6 Å². The lowest BCUT2D eigenvalue weighted by Gasteiger charge is -2.23. The van der Waals surface area contributed by atoms with E-state index in [2.05, 4.69) is 0 Å². The lowest BCUT2D eigenvalue weighted by Crippen LogP contribution is -2.47. The van der Waals surface area contributed by atoms with Crippen molar-refractivity contribution in [3.05, 3.63) is 11.9 Å². The maximum atomic E-state index is 13.0. The summed E-state index contributed by atoms with van der Waals surface area (Å²) >= 11 is 0. The van der Waals surface area contributed by atoms with Gasteiger partial charge in [-0.05, 0) is 6.42 Å². The van der Waals surface area contributed by atoms with Crippen molar-refractivity contribution in [2.45, 2.75) is 31.7 Å². The minimum Gasteiger partial charge on any atom is -0.394 e. The average Bonchev–Trinajstić information content (AvgIpc) is 2.14. The van der Waals surface area contributed by atoms with Gasteiger partial charge >= 0.3 is 0 Å². The molecule has 0 saturated carbocycles. The van der Waals surface area contributed by atoms with E-state index in [1.165, 1.54) is 6.08 Å². The van der Waals surface area contributed by atoms with Crippen LogP contribution >= 0.6 is 0 Å². The summed E-state index contributed by atoms with van der Waals surface area (Å²) in [6.45, 7) is 1.10. The predicted molar refractivity (Wildman–Crippen MR) is 49.8 cm³/mol. The summed E-state index contributed by atoms with van der Waals surface area (Å²) in [5.74, 6) is -0.368. The lowest BCUT2D eigenvalue weighted by molar-refractivity contribution is 0.116. The summed E-state index contributed by atoms with van der Waals surface area (Å²) in [6.07, 6.45) is 2.84. The number of allylic oxidation sites excluding steroid dienone is 1. The first-order valence-electron chi connectivity index (χ1n) is 4.43. The molecule has 0 unspecified atom stereocenters. The zero-order chi connectivity index (χ0) is 10.3. The third kappa shape index (κ3) is 4.98. The van der Waals surface area contributed by atoms with E-state index in [1.54, 1.807) is 0 Å². The number of hydrogen-bond acceptors (Lipinski definition) is 3. The van der Waals surface area contributed by atoms with Crippen LogP contribution in [0.4, 0.5) is 4.39 Å². The van der Waals surface area contributed by atoms with Crippen LogP contribution in [-0.2, 0) is 0 Å². The molecule has 13 heavy (non-hydrogen) atoms. The van der Waals surface area contributed by atoms with Crippen LogP contribution in [0.3, 0.4) is 0 Å². The first-order valence-corrected chi connectivity index (χ1v) is 4.43. The molecule has 0 aliphatic heterocycles. The fraction of sp³-hybridized carbons (Fsp3) is 0.778. The molecular formula is C9H18FNO2. The van der Waals surface area contributed by atoms with E-state index in [0.717, 1.165) is 6.42 Å². The Bertz CT molecular complexity index is 167. The van der Waals surface area contributed by atoms with Crippen molar-refractivity contribution in [1.29, 1.82) is 0 Å². The standard InChI is InChI=1S/C9H18FNO2/c1-2-3-4-8(10)5-9(11,6-12)7-13/h4,12-13H,2-3,5-7,11H2,1H3/b8-4-. The van der Waals surface area contributed by atoms with E-state index < -0.39 is 18.8 Å². The molecule has 0 aromatic heterocycles. The third-order valence-electron chi connectivity index (χ3n) is 1.81. The number of hydrogen-bond donors (Lipinski definition) is 3. The Labute approximate surface area is 78.1 Å². The van der Waals surface area contributed by atoms with Gasteiger partial charge in [-0.25, -0.2) is 4.39 Å². The molecular weight excluding hydrogens is 173 g/mol. The van der Waals surface area contributed by atoms with Crippen molar-refractivity contribution in [1.82, 2.24) is 0 Å². The molecule has 0 fully saturated rings. The van der Waals surface area contributed by atoms with E-state index in [1.807, 2.05) is 6.92 Å². The Hall–Kier alpha value is -0.450. The van der Waals surface area contributed by atoms with Gasteiger partial charge in [0.05, 0.1) is 24.6 Å². The van der Waals surface area contributed by atoms with Crippen molar-refractivity contribution in [2.75, 3.05) is 13.2 Å². The van der Waals surface area contributed by atoms with E-state index >= 15 is 0 Å². The molecule has 78 valence electrons. The van der Waals surface area contributed by atoms with Gasteiger partial charge in [-0.1, -0.05) is 19.4 Å². The largest absolute Gasteiger partial charge is 0.394 e. The molecule has 4 heteroatoms. The van der Waals surface area contributed by atoms with Crippen LogP contribution in [0.15, 0.2) is 11.9 Å². The summed E-state index contributed by atoms with van der Waals surface area (Å²) in [5, 5.41) is 17.6. The Kier molecular flexibility index (Phi) is 5.86. The van der Waals surface area contributed by atoms with Crippen molar-refractivity contribution in [2.24, 2.45) is 5.73 Å².